The van der Waals surface area contributed by atoms with Crippen LogP contribution in [0, 0.1) is 34.6 Å². The molecule has 130 valence electrons. The Morgan fingerprint density at radius 1 is 1.36 bits per heavy atom. The van der Waals surface area contributed by atoms with Gasteiger partial charge in [-0.1, -0.05) is 24.8 Å². The molecule has 2 N–H and O–H groups in total. The molecule has 0 heterocycles. The third-order valence-corrected chi connectivity index (χ3v) is 6.67. The van der Waals surface area contributed by atoms with E-state index in [1.54, 1.807) is 0 Å². The molecule has 0 saturated heterocycles. The van der Waals surface area contributed by atoms with E-state index in [0.29, 0.717) is 11.4 Å². The van der Waals surface area contributed by atoms with Crippen LogP contribution in [0.1, 0.15) is 39.0 Å². The van der Waals surface area contributed by atoms with Gasteiger partial charge in [-0.05, 0) is 73.5 Å². The minimum Gasteiger partial charge on any atom is -0.355 e. The highest BCUT2D eigenvalue weighted by atomic mass is 15.2. The highest BCUT2D eigenvalue weighted by Gasteiger charge is 2.57. The van der Waals surface area contributed by atoms with E-state index in [2.05, 4.69) is 22.2 Å². The average Bonchev–Trinajstić information content (AvgIpc) is 2.97. The van der Waals surface area contributed by atoms with Gasteiger partial charge in [0.1, 0.15) is 0 Å². The molecular weight excluding hydrogens is 308 g/mol. The monoisotopic (exact) mass is 334 g/mol. The summed E-state index contributed by atoms with van der Waals surface area (Å²) in [6.45, 7) is 6.99. The number of guanidine groups is 1. The van der Waals surface area contributed by atoms with Gasteiger partial charge in [-0.25, -0.2) is 0 Å². The van der Waals surface area contributed by atoms with Crippen molar-refractivity contribution in [1.82, 2.24) is 5.32 Å². The van der Waals surface area contributed by atoms with Crippen molar-refractivity contribution in [3.8, 4) is 6.19 Å². The molecule has 0 aromatic heterocycles. The second-order valence-electron chi connectivity index (χ2n) is 8.11. The van der Waals surface area contributed by atoms with E-state index in [9.17, 15) is 0 Å². The number of aliphatic imine (C=N–C) groups is 1. The summed E-state index contributed by atoms with van der Waals surface area (Å²) in [6, 6.07) is 5.96. The predicted octanol–water partition coefficient (Wildman–Crippen LogP) is 2.56. The standard InChI is InChI=1S/C21H26N4/c1-3-18-14(2)5-4-6-19(18)25-20(24-13-22)23-12-21-10-15-7-16(11-21)9-17(21)8-15/h3-6,15-17H,2,7-12H2,1H3,(H2,23,24,25)/b18-3+. The molecule has 4 saturated carbocycles. The van der Waals surface area contributed by atoms with Crippen molar-refractivity contribution in [3.63, 3.8) is 0 Å². The number of nitrogens with one attached hydrogen (secondary N) is 2. The van der Waals surface area contributed by atoms with E-state index in [1.807, 2.05) is 37.4 Å². The lowest BCUT2D eigenvalue weighted by molar-refractivity contribution is 0.202. The smallest absolute Gasteiger partial charge is 0.211 e. The Labute approximate surface area is 149 Å². The summed E-state index contributed by atoms with van der Waals surface area (Å²) in [7, 11) is 0. The van der Waals surface area contributed by atoms with Crippen LogP contribution >= 0.6 is 0 Å². The zero-order valence-electron chi connectivity index (χ0n) is 14.9. The molecular formula is C21H26N4. The van der Waals surface area contributed by atoms with Gasteiger partial charge in [-0.2, -0.15) is 5.26 Å². The topological polar surface area (TPSA) is 60.2 Å². The molecule has 0 amide bonds. The number of anilines is 1. The summed E-state index contributed by atoms with van der Waals surface area (Å²) in [5, 5.41) is 17.9. The fourth-order valence-corrected chi connectivity index (χ4v) is 5.87. The maximum Gasteiger partial charge on any atom is 0.211 e. The third-order valence-electron chi connectivity index (χ3n) is 6.67. The average molecular weight is 334 g/mol. The van der Waals surface area contributed by atoms with Crippen LogP contribution in [-0.4, -0.2) is 12.5 Å². The van der Waals surface area contributed by atoms with E-state index in [-0.39, 0.29) is 0 Å². The lowest BCUT2D eigenvalue weighted by atomic mass is 9.75. The SMILES string of the molecule is C=c1cccc(N/C(=N/C#N)NCC23CC4CC(CC2C4)C3)/c1=C/C. The van der Waals surface area contributed by atoms with Crippen molar-refractivity contribution in [2.45, 2.75) is 39.0 Å². The molecule has 1 aromatic carbocycles. The Hall–Kier alpha value is -2.28. The maximum atomic E-state index is 9.08. The van der Waals surface area contributed by atoms with E-state index in [1.165, 1.54) is 32.1 Å². The predicted molar refractivity (Wildman–Crippen MR) is 102 cm³/mol. The summed E-state index contributed by atoms with van der Waals surface area (Å²) in [4.78, 5) is 3.99. The van der Waals surface area contributed by atoms with Crippen molar-refractivity contribution in [2.24, 2.45) is 28.2 Å². The van der Waals surface area contributed by atoms with Crippen LogP contribution in [0.25, 0.3) is 12.7 Å². The maximum absolute atomic E-state index is 9.08. The van der Waals surface area contributed by atoms with Crippen LogP contribution < -0.4 is 21.1 Å². The van der Waals surface area contributed by atoms with Gasteiger partial charge < -0.3 is 10.6 Å². The van der Waals surface area contributed by atoms with Gasteiger partial charge in [0.25, 0.3) is 0 Å². The first kappa shape index (κ1) is 16.2. The Kier molecular flexibility index (Phi) is 4.03. The molecule has 0 aliphatic heterocycles. The van der Waals surface area contributed by atoms with Gasteiger partial charge in [0.15, 0.2) is 0 Å². The van der Waals surface area contributed by atoms with Crippen LogP contribution in [0.2, 0.25) is 0 Å². The molecule has 2 unspecified atom stereocenters. The van der Waals surface area contributed by atoms with Crippen LogP contribution in [0.4, 0.5) is 5.69 Å². The first-order valence-corrected chi connectivity index (χ1v) is 9.35. The number of rotatable bonds is 3. The number of hydrogen-bond acceptors (Lipinski definition) is 2. The lowest BCUT2D eigenvalue weighted by Gasteiger charge is -2.33. The minimum absolute atomic E-state index is 0.430. The Morgan fingerprint density at radius 3 is 2.80 bits per heavy atom. The number of hydrogen-bond donors (Lipinski definition) is 2. The van der Waals surface area contributed by atoms with Crippen molar-refractivity contribution < 1.29 is 0 Å². The number of benzene rings is 1. The lowest BCUT2D eigenvalue weighted by Crippen LogP contribution is -2.42. The van der Waals surface area contributed by atoms with Crippen molar-refractivity contribution in [2.75, 3.05) is 11.9 Å². The number of nitrogens with zero attached hydrogens (tertiary/aromatic N) is 2. The molecule has 4 aliphatic carbocycles. The van der Waals surface area contributed by atoms with Gasteiger partial charge in [-0.15, -0.1) is 4.99 Å². The van der Waals surface area contributed by atoms with Gasteiger partial charge in [0.05, 0.1) is 0 Å². The zero-order chi connectivity index (χ0) is 17.4. The summed E-state index contributed by atoms with van der Waals surface area (Å²) < 4.78 is 0. The highest BCUT2D eigenvalue weighted by molar-refractivity contribution is 5.94. The van der Waals surface area contributed by atoms with E-state index in [4.69, 9.17) is 5.26 Å². The van der Waals surface area contributed by atoms with E-state index in [0.717, 1.165) is 40.4 Å². The summed E-state index contributed by atoms with van der Waals surface area (Å²) >= 11 is 0. The van der Waals surface area contributed by atoms with Crippen molar-refractivity contribution >= 4 is 24.3 Å². The van der Waals surface area contributed by atoms with Crippen LogP contribution in [0.15, 0.2) is 23.2 Å². The molecule has 4 bridgehead atoms. The largest absolute Gasteiger partial charge is 0.355 e. The summed E-state index contributed by atoms with van der Waals surface area (Å²) in [5.41, 5.74) is 1.37. The summed E-state index contributed by atoms with van der Waals surface area (Å²) in [6.07, 6.45) is 10.9. The first-order chi connectivity index (χ1) is 12.1. The quantitative estimate of drug-likeness (QED) is 0.507. The highest BCUT2D eigenvalue weighted by Crippen LogP contribution is 2.65. The molecule has 4 fully saturated rings. The minimum atomic E-state index is 0.430. The second kappa shape index (κ2) is 6.22. The van der Waals surface area contributed by atoms with Gasteiger partial charge >= 0.3 is 0 Å². The Bertz CT molecular complexity index is 834. The van der Waals surface area contributed by atoms with Gasteiger partial charge in [-0.3, -0.25) is 0 Å². The normalized spacial score (nSPS) is 33.5. The van der Waals surface area contributed by atoms with Crippen molar-refractivity contribution in [3.05, 3.63) is 28.6 Å². The molecule has 0 spiro atoms. The first-order valence-electron chi connectivity index (χ1n) is 9.35. The Morgan fingerprint density at radius 2 is 2.12 bits per heavy atom. The molecule has 0 radical (unpaired) electrons. The third kappa shape index (κ3) is 2.82. The molecule has 4 heteroatoms. The fraction of sp³-hybridized carbons (Fsp3) is 0.524. The molecule has 5 rings (SSSR count). The molecule has 25 heavy (non-hydrogen) atoms. The van der Waals surface area contributed by atoms with Crippen molar-refractivity contribution in [1.29, 1.82) is 5.26 Å². The fourth-order valence-electron chi connectivity index (χ4n) is 5.87. The van der Waals surface area contributed by atoms with Crippen LogP contribution in [0.5, 0.6) is 0 Å². The summed E-state index contributed by atoms with van der Waals surface area (Å²) in [5.74, 6) is 3.30. The van der Waals surface area contributed by atoms with Crippen LogP contribution in [-0.2, 0) is 0 Å². The van der Waals surface area contributed by atoms with Gasteiger partial charge in [0, 0.05) is 17.5 Å². The van der Waals surface area contributed by atoms with Crippen LogP contribution in [0.3, 0.4) is 0 Å². The molecule has 2 atom stereocenters. The molecule has 4 aliphatic rings. The zero-order valence-corrected chi connectivity index (χ0v) is 14.9. The van der Waals surface area contributed by atoms with E-state index < -0.39 is 0 Å². The second-order valence-corrected chi connectivity index (χ2v) is 8.11. The molecule has 4 nitrogen and oxygen atoms in total. The molecule has 1 aromatic rings. The van der Waals surface area contributed by atoms with E-state index >= 15 is 0 Å². The number of nitriles is 1. The Balaban J connectivity index is 1.51. The van der Waals surface area contributed by atoms with Gasteiger partial charge in [0.2, 0.25) is 12.2 Å².